The van der Waals surface area contributed by atoms with Crippen LogP contribution in [0.3, 0.4) is 0 Å². The molecule has 0 bridgehead atoms. The van der Waals surface area contributed by atoms with Crippen LogP contribution in [0.15, 0.2) is 48.8 Å². The molecule has 0 aliphatic heterocycles. The molecule has 0 unspecified atom stereocenters. The Bertz CT molecular complexity index is 686. The molecule has 1 aromatic heterocycles. The van der Waals surface area contributed by atoms with Crippen molar-refractivity contribution in [1.82, 2.24) is 9.88 Å². The fourth-order valence-corrected chi connectivity index (χ4v) is 2.36. The number of esters is 1. The molecular weight excluding hydrogens is 320 g/mol. The van der Waals surface area contributed by atoms with E-state index in [9.17, 15) is 9.59 Å². The second-order valence-electron chi connectivity index (χ2n) is 5.52. The van der Waals surface area contributed by atoms with Crippen LogP contribution >= 0.6 is 0 Å². The van der Waals surface area contributed by atoms with Crippen molar-refractivity contribution in [1.29, 1.82) is 0 Å². The predicted molar refractivity (Wildman–Crippen MR) is 93.0 cm³/mol. The summed E-state index contributed by atoms with van der Waals surface area (Å²) in [5.41, 5.74) is 1.85. The molecule has 0 aliphatic rings. The molecule has 0 saturated heterocycles. The highest BCUT2D eigenvalue weighted by atomic mass is 16.5. The number of aromatic nitrogens is 1. The van der Waals surface area contributed by atoms with Gasteiger partial charge in [-0.2, -0.15) is 0 Å². The summed E-state index contributed by atoms with van der Waals surface area (Å²) >= 11 is 0. The number of ether oxygens (including phenoxy) is 2. The van der Waals surface area contributed by atoms with Crippen molar-refractivity contribution in [2.24, 2.45) is 0 Å². The number of hydrogen-bond donors (Lipinski definition) is 0. The third kappa shape index (κ3) is 5.91. The van der Waals surface area contributed by atoms with Crippen LogP contribution in [0.25, 0.3) is 0 Å². The van der Waals surface area contributed by atoms with Gasteiger partial charge in [0.2, 0.25) is 5.91 Å². The van der Waals surface area contributed by atoms with E-state index in [1.807, 2.05) is 36.4 Å². The third-order valence-corrected chi connectivity index (χ3v) is 3.80. The van der Waals surface area contributed by atoms with E-state index in [-0.39, 0.29) is 24.7 Å². The van der Waals surface area contributed by atoms with Crippen LogP contribution in [0.5, 0.6) is 5.75 Å². The molecular formula is C19H22N2O4. The van der Waals surface area contributed by atoms with E-state index >= 15 is 0 Å². The number of hydrogen-bond acceptors (Lipinski definition) is 5. The number of carbonyl (C=O) groups is 2. The minimum atomic E-state index is -0.336. The quantitative estimate of drug-likeness (QED) is 0.688. The van der Waals surface area contributed by atoms with E-state index in [0.29, 0.717) is 13.1 Å². The molecule has 6 heteroatoms. The van der Waals surface area contributed by atoms with Gasteiger partial charge in [0, 0.05) is 25.5 Å². The average molecular weight is 342 g/mol. The molecule has 0 spiro atoms. The normalized spacial score (nSPS) is 10.2. The van der Waals surface area contributed by atoms with Gasteiger partial charge in [-0.25, -0.2) is 0 Å². The van der Waals surface area contributed by atoms with E-state index in [4.69, 9.17) is 4.74 Å². The van der Waals surface area contributed by atoms with Crippen molar-refractivity contribution in [3.05, 3.63) is 59.9 Å². The Balaban J connectivity index is 2.05. The van der Waals surface area contributed by atoms with Crippen LogP contribution in [0.1, 0.15) is 17.5 Å². The largest absolute Gasteiger partial charge is 0.497 e. The lowest BCUT2D eigenvalue weighted by Crippen LogP contribution is -2.34. The number of nitrogens with zero attached hydrogens (tertiary/aromatic N) is 2. The number of benzene rings is 1. The Morgan fingerprint density at radius 1 is 1.00 bits per heavy atom. The predicted octanol–water partition coefficient (Wildman–Crippen LogP) is 2.22. The summed E-state index contributed by atoms with van der Waals surface area (Å²) < 4.78 is 9.80. The minimum Gasteiger partial charge on any atom is -0.497 e. The fraction of sp³-hybridized carbons (Fsp3) is 0.316. The third-order valence-electron chi connectivity index (χ3n) is 3.80. The molecule has 0 aliphatic carbocycles. The molecule has 2 rings (SSSR count). The van der Waals surface area contributed by atoms with Crippen molar-refractivity contribution in [3.63, 3.8) is 0 Å². The van der Waals surface area contributed by atoms with Gasteiger partial charge < -0.3 is 14.4 Å². The molecule has 1 amide bonds. The second kappa shape index (κ2) is 9.42. The van der Waals surface area contributed by atoms with Crippen LogP contribution in [-0.4, -0.2) is 42.5 Å². The first-order valence-electron chi connectivity index (χ1n) is 7.99. The van der Waals surface area contributed by atoms with Crippen molar-refractivity contribution in [2.75, 3.05) is 20.8 Å². The minimum absolute atomic E-state index is 0.0501. The van der Waals surface area contributed by atoms with Gasteiger partial charge in [-0.05, 0) is 35.4 Å². The molecule has 1 heterocycles. The molecule has 0 atom stereocenters. The zero-order chi connectivity index (χ0) is 18.1. The Morgan fingerprint density at radius 3 is 2.28 bits per heavy atom. The lowest BCUT2D eigenvalue weighted by atomic mass is 10.1. The van der Waals surface area contributed by atoms with E-state index in [1.165, 1.54) is 7.11 Å². The lowest BCUT2D eigenvalue weighted by Gasteiger charge is -2.22. The van der Waals surface area contributed by atoms with Crippen molar-refractivity contribution in [3.8, 4) is 5.75 Å². The average Bonchev–Trinajstić information content (AvgIpc) is 2.66. The van der Waals surface area contributed by atoms with Gasteiger partial charge in [0.15, 0.2) is 0 Å². The number of carbonyl (C=O) groups excluding carboxylic acids is 2. The monoisotopic (exact) mass is 342 g/mol. The Hall–Kier alpha value is -2.89. The Morgan fingerprint density at radius 2 is 1.68 bits per heavy atom. The SMILES string of the molecule is COC(=O)CCN(Cc1ccncc1)C(=O)Cc1ccc(OC)cc1. The first-order chi connectivity index (χ1) is 12.1. The number of amides is 1. The van der Waals surface area contributed by atoms with Crippen molar-refractivity contribution >= 4 is 11.9 Å². The lowest BCUT2D eigenvalue weighted by molar-refractivity contribution is -0.141. The molecule has 132 valence electrons. The summed E-state index contributed by atoms with van der Waals surface area (Å²) in [7, 11) is 2.94. The molecule has 0 N–H and O–H groups in total. The first-order valence-corrected chi connectivity index (χ1v) is 7.99. The van der Waals surface area contributed by atoms with E-state index in [2.05, 4.69) is 9.72 Å². The molecule has 6 nitrogen and oxygen atoms in total. The van der Waals surface area contributed by atoms with Crippen LogP contribution in [0, 0.1) is 0 Å². The van der Waals surface area contributed by atoms with Gasteiger partial charge in [0.25, 0.3) is 0 Å². The topological polar surface area (TPSA) is 68.7 Å². The van der Waals surface area contributed by atoms with Gasteiger partial charge in [0.05, 0.1) is 27.1 Å². The zero-order valence-corrected chi connectivity index (χ0v) is 14.5. The maximum Gasteiger partial charge on any atom is 0.307 e. The van der Waals surface area contributed by atoms with Gasteiger partial charge in [-0.15, -0.1) is 0 Å². The van der Waals surface area contributed by atoms with Gasteiger partial charge >= 0.3 is 5.97 Å². The summed E-state index contributed by atoms with van der Waals surface area (Å²) in [6, 6.07) is 11.1. The van der Waals surface area contributed by atoms with Crippen molar-refractivity contribution in [2.45, 2.75) is 19.4 Å². The summed E-state index contributed by atoms with van der Waals surface area (Å²) in [6.45, 7) is 0.735. The van der Waals surface area contributed by atoms with E-state index in [0.717, 1.165) is 16.9 Å². The first kappa shape index (κ1) is 18.4. The van der Waals surface area contributed by atoms with E-state index < -0.39 is 0 Å². The second-order valence-corrected chi connectivity index (χ2v) is 5.52. The number of pyridine rings is 1. The maximum atomic E-state index is 12.7. The molecule has 0 saturated carbocycles. The van der Waals surface area contributed by atoms with Crippen molar-refractivity contribution < 1.29 is 19.1 Å². The van der Waals surface area contributed by atoms with Gasteiger partial charge in [-0.3, -0.25) is 14.6 Å². The van der Waals surface area contributed by atoms with Crippen LogP contribution in [-0.2, 0) is 27.3 Å². The fourth-order valence-electron chi connectivity index (χ4n) is 2.36. The molecule has 2 aromatic rings. The summed E-state index contributed by atoms with van der Waals surface area (Å²) in [5.74, 6) is 0.360. The van der Waals surface area contributed by atoms with E-state index in [1.54, 1.807) is 24.4 Å². The summed E-state index contributed by atoms with van der Waals surface area (Å²) in [4.78, 5) is 29.8. The van der Waals surface area contributed by atoms with Gasteiger partial charge in [-0.1, -0.05) is 12.1 Å². The smallest absolute Gasteiger partial charge is 0.307 e. The van der Waals surface area contributed by atoms with Crippen LogP contribution in [0.4, 0.5) is 0 Å². The molecule has 0 fully saturated rings. The molecule has 0 radical (unpaired) electrons. The highest BCUT2D eigenvalue weighted by Crippen LogP contribution is 2.13. The number of methoxy groups -OCH3 is 2. The standard InChI is InChI=1S/C19H22N2O4/c1-24-17-5-3-15(4-6-17)13-18(22)21(12-9-19(23)25-2)14-16-7-10-20-11-8-16/h3-8,10-11H,9,12-14H2,1-2H3. The Labute approximate surface area is 147 Å². The highest BCUT2D eigenvalue weighted by Gasteiger charge is 2.16. The highest BCUT2D eigenvalue weighted by molar-refractivity contribution is 5.79. The maximum absolute atomic E-state index is 12.7. The Kier molecular flexibility index (Phi) is 6.95. The summed E-state index contributed by atoms with van der Waals surface area (Å²) in [6.07, 6.45) is 3.79. The molecule has 1 aromatic carbocycles. The summed E-state index contributed by atoms with van der Waals surface area (Å²) in [5, 5.41) is 0. The van der Waals surface area contributed by atoms with Crippen LogP contribution in [0.2, 0.25) is 0 Å². The van der Waals surface area contributed by atoms with Gasteiger partial charge in [0.1, 0.15) is 5.75 Å². The number of rotatable bonds is 8. The van der Waals surface area contributed by atoms with Crippen LogP contribution < -0.4 is 4.74 Å². The molecule has 25 heavy (non-hydrogen) atoms. The zero-order valence-electron chi connectivity index (χ0n) is 14.5.